The number of aromatic nitrogens is 3. The lowest BCUT2D eigenvalue weighted by molar-refractivity contribution is 0.194. The molecule has 1 fully saturated rings. The zero-order chi connectivity index (χ0) is 17.4. The zero-order valence-electron chi connectivity index (χ0n) is 14.8. The number of rotatable bonds is 4. The van der Waals surface area contributed by atoms with Crippen LogP contribution in [0.1, 0.15) is 35.8 Å². The number of carbonyl (C=O) groups is 1. The van der Waals surface area contributed by atoms with E-state index >= 15 is 0 Å². The van der Waals surface area contributed by atoms with Gasteiger partial charge in [-0.05, 0) is 45.1 Å². The maximum Gasteiger partial charge on any atom is 0.322 e. The molecule has 3 heterocycles. The molecule has 0 bridgehead atoms. The molecule has 2 aromatic rings. The standard InChI is InChI=1S/C18H24N6O/c1-22(2)11-15-9-14(5-6-19-15)20-18(25)23-7-8-24-16(12-23)10-17(21-24)13-3-4-13/h5-6,9-10,13H,3-4,7-8,11-12H2,1-2H3,(H,19,20,25). The molecule has 2 aliphatic rings. The largest absolute Gasteiger partial charge is 0.322 e. The van der Waals surface area contributed by atoms with Crippen LogP contribution >= 0.6 is 0 Å². The Hall–Kier alpha value is -2.41. The van der Waals surface area contributed by atoms with Crippen LogP contribution in [0.25, 0.3) is 0 Å². The van der Waals surface area contributed by atoms with Crippen LogP contribution in [0.2, 0.25) is 0 Å². The van der Waals surface area contributed by atoms with Gasteiger partial charge in [0.05, 0.1) is 30.2 Å². The molecule has 1 N–H and O–H groups in total. The molecule has 2 aromatic heterocycles. The second kappa shape index (κ2) is 6.48. The van der Waals surface area contributed by atoms with Gasteiger partial charge in [-0.1, -0.05) is 0 Å². The predicted molar refractivity (Wildman–Crippen MR) is 95.3 cm³/mol. The van der Waals surface area contributed by atoms with Gasteiger partial charge in [0.2, 0.25) is 0 Å². The van der Waals surface area contributed by atoms with Gasteiger partial charge in [-0.25, -0.2) is 4.79 Å². The van der Waals surface area contributed by atoms with Crippen LogP contribution in [0, 0.1) is 0 Å². The molecule has 0 atom stereocenters. The molecule has 7 heteroatoms. The molecule has 0 aromatic carbocycles. The van der Waals surface area contributed by atoms with Gasteiger partial charge < -0.3 is 15.1 Å². The molecule has 1 saturated carbocycles. The van der Waals surface area contributed by atoms with Crippen molar-refractivity contribution in [2.45, 2.75) is 38.4 Å². The van der Waals surface area contributed by atoms with Gasteiger partial charge in [-0.3, -0.25) is 9.67 Å². The molecule has 1 aliphatic carbocycles. The number of urea groups is 1. The molecular weight excluding hydrogens is 316 g/mol. The van der Waals surface area contributed by atoms with Crippen molar-refractivity contribution >= 4 is 11.7 Å². The van der Waals surface area contributed by atoms with Crippen molar-refractivity contribution in [2.75, 3.05) is 26.0 Å². The van der Waals surface area contributed by atoms with Crippen LogP contribution in [-0.2, 0) is 19.6 Å². The normalized spacial score (nSPS) is 16.8. The van der Waals surface area contributed by atoms with Crippen molar-refractivity contribution in [3.63, 3.8) is 0 Å². The maximum absolute atomic E-state index is 12.6. The van der Waals surface area contributed by atoms with E-state index in [0.717, 1.165) is 30.2 Å². The maximum atomic E-state index is 12.6. The molecule has 132 valence electrons. The third-order valence-electron chi connectivity index (χ3n) is 4.65. The summed E-state index contributed by atoms with van der Waals surface area (Å²) in [7, 11) is 4.00. The van der Waals surface area contributed by atoms with Gasteiger partial charge in [0.1, 0.15) is 0 Å². The summed E-state index contributed by atoms with van der Waals surface area (Å²) >= 11 is 0. The summed E-state index contributed by atoms with van der Waals surface area (Å²) in [5, 5.41) is 7.67. The molecular formula is C18H24N6O. The van der Waals surface area contributed by atoms with Crippen LogP contribution in [0.15, 0.2) is 24.4 Å². The van der Waals surface area contributed by atoms with E-state index < -0.39 is 0 Å². The topological polar surface area (TPSA) is 66.3 Å². The first kappa shape index (κ1) is 16.1. The number of nitrogens with zero attached hydrogens (tertiary/aromatic N) is 5. The van der Waals surface area contributed by atoms with Crippen LogP contribution in [0.3, 0.4) is 0 Å². The van der Waals surface area contributed by atoms with Crippen LogP contribution in [0.5, 0.6) is 0 Å². The number of hydrogen-bond donors (Lipinski definition) is 1. The summed E-state index contributed by atoms with van der Waals surface area (Å²) in [6.45, 7) is 2.80. The number of nitrogens with one attached hydrogen (secondary N) is 1. The molecule has 0 radical (unpaired) electrons. The first-order chi connectivity index (χ1) is 12.1. The lowest BCUT2D eigenvalue weighted by Gasteiger charge is -2.27. The first-order valence-corrected chi connectivity index (χ1v) is 8.81. The number of pyridine rings is 1. The van der Waals surface area contributed by atoms with E-state index in [4.69, 9.17) is 0 Å². The zero-order valence-corrected chi connectivity index (χ0v) is 14.8. The highest BCUT2D eigenvalue weighted by Gasteiger charge is 2.29. The Morgan fingerprint density at radius 1 is 1.32 bits per heavy atom. The van der Waals surface area contributed by atoms with E-state index in [9.17, 15) is 4.79 Å². The highest BCUT2D eigenvalue weighted by atomic mass is 16.2. The van der Waals surface area contributed by atoms with Crippen molar-refractivity contribution in [3.8, 4) is 0 Å². The Kier molecular flexibility index (Phi) is 4.17. The van der Waals surface area contributed by atoms with Crippen molar-refractivity contribution in [2.24, 2.45) is 0 Å². The molecule has 0 saturated heterocycles. The fraction of sp³-hybridized carbons (Fsp3) is 0.500. The Morgan fingerprint density at radius 2 is 2.16 bits per heavy atom. The SMILES string of the molecule is CN(C)Cc1cc(NC(=O)N2CCn3nc(C4CC4)cc3C2)ccn1. The van der Waals surface area contributed by atoms with Gasteiger partial charge in [0.15, 0.2) is 0 Å². The Bertz CT molecular complexity index is 780. The predicted octanol–water partition coefficient (Wildman–Crippen LogP) is 2.26. The molecule has 0 unspecified atom stereocenters. The van der Waals surface area contributed by atoms with E-state index in [1.807, 2.05) is 31.1 Å². The minimum atomic E-state index is -0.0672. The van der Waals surface area contributed by atoms with Crippen LogP contribution in [0.4, 0.5) is 10.5 Å². The van der Waals surface area contributed by atoms with Crippen LogP contribution in [-0.4, -0.2) is 51.2 Å². The van der Waals surface area contributed by atoms with E-state index in [1.54, 1.807) is 6.20 Å². The molecule has 4 rings (SSSR count). The van der Waals surface area contributed by atoms with Crippen molar-refractivity contribution in [3.05, 3.63) is 41.5 Å². The Morgan fingerprint density at radius 3 is 2.92 bits per heavy atom. The lowest BCUT2D eigenvalue weighted by Crippen LogP contribution is -2.40. The average molecular weight is 340 g/mol. The summed E-state index contributed by atoms with van der Waals surface area (Å²) in [6.07, 6.45) is 4.23. The van der Waals surface area contributed by atoms with Gasteiger partial charge in [-0.15, -0.1) is 0 Å². The number of carbonyl (C=O) groups excluding carboxylic acids is 1. The van der Waals surface area contributed by atoms with Gasteiger partial charge in [-0.2, -0.15) is 5.10 Å². The van der Waals surface area contributed by atoms with Gasteiger partial charge in [0.25, 0.3) is 0 Å². The fourth-order valence-corrected chi connectivity index (χ4v) is 3.21. The second-order valence-electron chi connectivity index (χ2n) is 7.18. The van der Waals surface area contributed by atoms with Crippen LogP contribution < -0.4 is 5.32 Å². The second-order valence-corrected chi connectivity index (χ2v) is 7.18. The smallest absolute Gasteiger partial charge is 0.317 e. The van der Waals surface area contributed by atoms with Crippen molar-refractivity contribution in [1.82, 2.24) is 24.6 Å². The summed E-state index contributed by atoms with van der Waals surface area (Å²) in [6, 6.07) is 5.86. The number of hydrogen-bond acceptors (Lipinski definition) is 4. The number of amides is 2. The van der Waals surface area contributed by atoms with Gasteiger partial charge >= 0.3 is 6.03 Å². The van der Waals surface area contributed by atoms with Gasteiger partial charge in [0, 0.05) is 30.9 Å². The van der Waals surface area contributed by atoms with E-state index in [0.29, 0.717) is 19.0 Å². The fourth-order valence-electron chi connectivity index (χ4n) is 3.21. The Balaban J connectivity index is 1.41. The van der Waals surface area contributed by atoms with Crippen molar-refractivity contribution in [1.29, 1.82) is 0 Å². The molecule has 25 heavy (non-hydrogen) atoms. The van der Waals surface area contributed by atoms with E-state index in [-0.39, 0.29) is 6.03 Å². The number of anilines is 1. The quantitative estimate of drug-likeness (QED) is 0.927. The van der Waals surface area contributed by atoms with E-state index in [1.165, 1.54) is 18.5 Å². The highest BCUT2D eigenvalue weighted by Crippen LogP contribution is 2.39. The summed E-state index contributed by atoms with van der Waals surface area (Å²) in [5.41, 5.74) is 4.05. The minimum Gasteiger partial charge on any atom is -0.317 e. The minimum absolute atomic E-state index is 0.0672. The summed E-state index contributed by atoms with van der Waals surface area (Å²) in [4.78, 5) is 20.9. The third kappa shape index (κ3) is 3.66. The molecule has 2 amide bonds. The van der Waals surface area contributed by atoms with E-state index in [2.05, 4.69) is 31.0 Å². The van der Waals surface area contributed by atoms with Crippen molar-refractivity contribution < 1.29 is 4.79 Å². The molecule has 1 aliphatic heterocycles. The third-order valence-corrected chi connectivity index (χ3v) is 4.65. The summed E-state index contributed by atoms with van der Waals surface area (Å²) < 4.78 is 2.05. The first-order valence-electron chi connectivity index (χ1n) is 8.81. The monoisotopic (exact) mass is 340 g/mol. The average Bonchev–Trinajstić information content (AvgIpc) is 3.33. The Labute approximate surface area is 147 Å². The lowest BCUT2D eigenvalue weighted by atomic mass is 10.2. The number of fused-ring (bicyclic) bond motifs is 1. The summed E-state index contributed by atoms with van der Waals surface area (Å²) in [5.74, 6) is 0.646. The highest BCUT2D eigenvalue weighted by molar-refractivity contribution is 5.89. The molecule has 7 nitrogen and oxygen atoms in total. The molecule has 0 spiro atoms.